The lowest BCUT2D eigenvalue weighted by Crippen LogP contribution is -2.35. The molecule has 1 aliphatic heterocycles. The number of likely N-dealkylation sites (tertiary alicyclic amines) is 1. The highest BCUT2D eigenvalue weighted by Crippen LogP contribution is 2.22. The summed E-state index contributed by atoms with van der Waals surface area (Å²) in [4.78, 5) is 2.42. The normalized spacial score (nSPS) is 15.5. The van der Waals surface area contributed by atoms with E-state index in [-0.39, 0.29) is 6.10 Å². The van der Waals surface area contributed by atoms with Gasteiger partial charge in [0.1, 0.15) is 5.01 Å². The Morgan fingerprint density at radius 3 is 2.52 bits per heavy atom. The third-order valence-electron chi connectivity index (χ3n) is 5.23. The summed E-state index contributed by atoms with van der Waals surface area (Å²) in [7, 11) is 0. The van der Waals surface area contributed by atoms with Gasteiger partial charge in [-0.1, -0.05) is 59.3 Å². The third-order valence-corrected chi connectivity index (χ3v) is 6.37. The van der Waals surface area contributed by atoms with E-state index in [2.05, 4.69) is 44.7 Å². The maximum Gasteiger partial charge on any atom is 0.205 e. The largest absolute Gasteiger partial charge is 0.393 e. The van der Waals surface area contributed by atoms with Crippen LogP contribution in [0.5, 0.6) is 0 Å². The SMILES string of the molecule is OC1CCN(Cc2ccccc2CNc2nnc(Cc3ccc(Cl)cc3)s2)CC1. The second-order valence-electron chi connectivity index (χ2n) is 7.43. The minimum absolute atomic E-state index is 0.136. The first-order valence-corrected chi connectivity index (χ1v) is 11.1. The van der Waals surface area contributed by atoms with Crippen LogP contribution in [0.15, 0.2) is 48.5 Å². The van der Waals surface area contributed by atoms with Crippen LogP contribution in [0, 0.1) is 0 Å². The van der Waals surface area contributed by atoms with Gasteiger partial charge in [-0.2, -0.15) is 0 Å². The number of rotatable bonds is 7. The summed E-state index contributed by atoms with van der Waals surface area (Å²) in [6, 6.07) is 16.4. The molecule has 5 nitrogen and oxygen atoms in total. The van der Waals surface area contributed by atoms with Crippen molar-refractivity contribution in [3.05, 3.63) is 75.3 Å². The zero-order chi connectivity index (χ0) is 20.1. The van der Waals surface area contributed by atoms with Gasteiger partial charge in [0.15, 0.2) is 0 Å². The summed E-state index contributed by atoms with van der Waals surface area (Å²) in [6.45, 7) is 3.55. The molecule has 1 saturated heterocycles. The molecule has 1 aromatic heterocycles. The Bertz CT molecular complexity index is 923. The van der Waals surface area contributed by atoms with Crippen LogP contribution in [0.25, 0.3) is 0 Å². The number of anilines is 1. The molecule has 0 radical (unpaired) electrons. The zero-order valence-electron chi connectivity index (χ0n) is 16.2. The fourth-order valence-electron chi connectivity index (χ4n) is 3.55. The minimum atomic E-state index is -0.136. The van der Waals surface area contributed by atoms with E-state index in [9.17, 15) is 5.11 Å². The lowest BCUT2D eigenvalue weighted by molar-refractivity contribution is 0.0791. The number of hydrogen-bond acceptors (Lipinski definition) is 6. The molecule has 0 atom stereocenters. The Labute approximate surface area is 180 Å². The van der Waals surface area contributed by atoms with Crippen molar-refractivity contribution in [2.24, 2.45) is 0 Å². The van der Waals surface area contributed by atoms with Gasteiger partial charge in [-0.05, 0) is 41.7 Å². The van der Waals surface area contributed by atoms with Gasteiger partial charge >= 0.3 is 0 Å². The summed E-state index contributed by atoms with van der Waals surface area (Å²) in [5.41, 5.74) is 3.77. The van der Waals surface area contributed by atoms with Crippen molar-refractivity contribution < 1.29 is 5.11 Å². The lowest BCUT2D eigenvalue weighted by Gasteiger charge is -2.30. The van der Waals surface area contributed by atoms with Crippen molar-refractivity contribution in [1.29, 1.82) is 0 Å². The van der Waals surface area contributed by atoms with E-state index < -0.39 is 0 Å². The monoisotopic (exact) mass is 428 g/mol. The number of halogens is 1. The summed E-state index contributed by atoms with van der Waals surface area (Å²) < 4.78 is 0. The van der Waals surface area contributed by atoms with Crippen molar-refractivity contribution >= 4 is 28.1 Å². The van der Waals surface area contributed by atoms with Crippen LogP contribution in [-0.4, -0.2) is 39.4 Å². The number of benzene rings is 2. The van der Waals surface area contributed by atoms with Gasteiger partial charge in [0.25, 0.3) is 0 Å². The molecular weight excluding hydrogens is 404 g/mol. The van der Waals surface area contributed by atoms with Crippen LogP contribution < -0.4 is 5.32 Å². The predicted octanol–water partition coefficient (Wildman–Crippen LogP) is 4.35. The van der Waals surface area contributed by atoms with Gasteiger partial charge in [0.2, 0.25) is 5.13 Å². The van der Waals surface area contributed by atoms with Gasteiger partial charge in [-0.3, -0.25) is 4.90 Å². The van der Waals surface area contributed by atoms with E-state index in [4.69, 9.17) is 11.6 Å². The Hall–Kier alpha value is -1.99. The topological polar surface area (TPSA) is 61.3 Å². The van der Waals surface area contributed by atoms with Crippen LogP contribution in [-0.2, 0) is 19.5 Å². The molecule has 1 fully saturated rings. The van der Waals surface area contributed by atoms with Crippen molar-refractivity contribution in [1.82, 2.24) is 15.1 Å². The fraction of sp³-hybridized carbons (Fsp3) is 0.364. The molecule has 0 unspecified atom stereocenters. The van der Waals surface area contributed by atoms with Crippen LogP contribution in [0.2, 0.25) is 5.02 Å². The van der Waals surface area contributed by atoms with Gasteiger partial charge in [-0.25, -0.2) is 0 Å². The number of piperidine rings is 1. The first-order chi connectivity index (χ1) is 14.2. The third kappa shape index (κ3) is 5.76. The Morgan fingerprint density at radius 2 is 1.76 bits per heavy atom. The lowest BCUT2D eigenvalue weighted by atomic mass is 10.0. The number of aliphatic hydroxyl groups is 1. The molecular formula is C22H25ClN4OS. The molecule has 0 bridgehead atoms. The highest BCUT2D eigenvalue weighted by Gasteiger charge is 2.17. The van der Waals surface area contributed by atoms with Gasteiger partial charge < -0.3 is 10.4 Å². The number of nitrogens with zero attached hydrogens (tertiary/aromatic N) is 3. The second-order valence-corrected chi connectivity index (χ2v) is 8.93. The number of nitrogens with one attached hydrogen (secondary N) is 1. The Morgan fingerprint density at radius 1 is 1.03 bits per heavy atom. The van der Waals surface area contributed by atoms with Crippen molar-refractivity contribution in [2.45, 2.75) is 38.5 Å². The number of aromatic nitrogens is 2. The van der Waals surface area contributed by atoms with E-state index in [0.717, 1.165) is 60.6 Å². The molecule has 29 heavy (non-hydrogen) atoms. The number of hydrogen-bond donors (Lipinski definition) is 2. The van der Waals surface area contributed by atoms with Gasteiger partial charge in [0.05, 0.1) is 6.10 Å². The van der Waals surface area contributed by atoms with E-state index in [1.807, 2.05) is 24.3 Å². The maximum absolute atomic E-state index is 9.71. The highest BCUT2D eigenvalue weighted by atomic mass is 35.5. The molecule has 2 aromatic carbocycles. The maximum atomic E-state index is 9.71. The van der Waals surface area contributed by atoms with Crippen molar-refractivity contribution in [3.8, 4) is 0 Å². The van der Waals surface area contributed by atoms with Crippen LogP contribution in [0.3, 0.4) is 0 Å². The van der Waals surface area contributed by atoms with Gasteiger partial charge in [-0.15, -0.1) is 10.2 Å². The minimum Gasteiger partial charge on any atom is -0.393 e. The molecule has 0 aliphatic carbocycles. The average molecular weight is 429 g/mol. The van der Waals surface area contributed by atoms with E-state index in [1.54, 1.807) is 11.3 Å². The van der Waals surface area contributed by atoms with Crippen molar-refractivity contribution in [2.75, 3.05) is 18.4 Å². The average Bonchev–Trinajstić information content (AvgIpc) is 3.18. The quantitative estimate of drug-likeness (QED) is 0.585. The van der Waals surface area contributed by atoms with Gasteiger partial charge in [0, 0.05) is 37.6 Å². The number of aliphatic hydroxyl groups excluding tert-OH is 1. The molecule has 3 aromatic rings. The molecule has 4 rings (SSSR count). The molecule has 0 saturated carbocycles. The fourth-order valence-corrected chi connectivity index (χ4v) is 4.44. The first-order valence-electron chi connectivity index (χ1n) is 9.93. The predicted molar refractivity (Wildman–Crippen MR) is 118 cm³/mol. The molecule has 2 N–H and O–H groups in total. The molecule has 0 spiro atoms. The molecule has 2 heterocycles. The Balaban J connectivity index is 1.34. The second kappa shape index (κ2) is 9.67. The standard InChI is InChI=1S/C22H25ClN4OS/c23-19-7-5-16(6-8-19)13-21-25-26-22(29-21)24-14-17-3-1-2-4-18(17)15-27-11-9-20(28)10-12-27/h1-8,20,28H,9-15H2,(H,24,26). The summed E-state index contributed by atoms with van der Waals surface area (Å²) in [5, 5.41) is 24.3. The highest BCUT2D eigenvalue weighted by molar-refractivity contribution is 7.15. The summed E-state index contributed by atoms with van der Waals surface area (Å²) in [6.07, 6.45) is 2.35. The first kappa shape index (κ1) is 20.3. The van der Waals surface area contributed by atoms with Crippen molar-refractivity contribution in [3.63, 3.8) is 0 Å². The Kier molecular flexibility index (Phi) is 6.77. The zero-order valence-corrected chi connectivity index (χ0v) is 17.8. The molecule has 1 aliphatic rings. The van der Waals surface area contributed by atoms with E-state index in [1.165, 1.54) is 16.7 Å². The smallest absolute Gasteiger partial charge is 0.205 e. The molecule has 0 amide bonds. The van der Waals surface area contributed by atoms with Crippen LogP contribution in [0.4, 0.5) is 5.13 Å². The summed E-state index contributed by atoms with van der Waals surface area (Å²) >= 11 is 7.54. The molecule has 152 valence electrons. The van der Waals surface area contributed by atoms with E-state index >= 15 is 0 Å². The van der Waals surface area contributed by atoms with Crippen LogP contribution >= 0.6 is 22.9 Å². The van der Waals surface area contributed by atoms with Crippen LogP contribution in [0.1, 0.15) is 34.5 Å². The molecule has 7 heteroatoms. The summed E-state index contributed by atoms with van der Waals surface area (Å²) in [5.74, 6) is 0. The van der Waals surface area contributed by atoms with E-state index in [0.29, 0.717) is 0 Å².